The van der Waals surface area contributed by atoms with Crippen molar-refractivity contribution < 1.29 is 23.9 Å². The number of carbonyl (C=O) groups excluding carboxylic acids is 3. The summed E-state index contributed by atoms with van der Waals surface area (Å²) in [5.74, 6) is -0.757. The minimum atomic E-state index is -0.693. The Kier molecular flexibility index (Phi) is 5.96. The van der Waals surface area contributed by atoms with Gasteiger partial charge < -0.3 is 14.8 Å². The molecule has 0 aliphatic heterocycles. The van der Waals surface area contributed by atoms with Crippen LogP contribution in [-0.4, -0.2) is 37.7 Å². The van der Waals surface area contributed by atoms with Gasteiger partial charge in [-0.05, 0) is 49.4 Å². The minimum Gasteiger partial charge on any atom is -0.482 e. The molecule has 1 aromatic carbocycles. The Bertz CT molecular complexity index is 600. The molecule has 0 radical (unpaired) electrons. The molecule has 0 fully saturated rings. The molecular formula is C16H20N2O5. The van der Waals surface area contributed by atoms with E-state index < -0.39 is 24.5 Å². The van der Waals surface area contributed by atoms with E-state index in [-0.39, 0.29) is 6.61 Å². The van der Waals surface area contributed by atoms with Crippen LogP contribution < -0.4 is 15.4 Å². The van der Waals surface area contributed by atoms with Crippen molar-refractivity contribution in [1.29, 1.82) is 0 Å². The number of fused-ring (bicyclic) bond motifs is 1. The maximum Gasteiger partial charge on any atom is 0.344 e. The smallest absolute Gasteiger partial charge is 0.344 e. The second-order valence-electron chi connectivity index (χ2n) is 5.14. The van der Waals surface area contributed by atoms with Gasteiger partial charge >= 0.3 is 12.0 Å². The summed E-state index contributed by atoms with van der Waals surface area (Å²) in [7, 11) is 0. The molecular weight excluding hydrogens is 300 g/mol. The zero-order valence-corrected chi connectivity index (χ0v) is 13.0. The van der Waals surface area contributed by atoms with E-state index in [4.69, 9.17) is 9.47 Å². The van der Waals surface area contributed by atoms with Crippen molar-refractivity contribution in [3.05, 3.63) is 29.3 Å². The molecule has 0 unspecified atom stereocenters. The number of urea groups is 1. The predicted molar refractivity (Wildman–Crippen MR) is 82.1 cm³/mol. The molecule has 0 saturated carbocycles. The zero-order valence-electron chi connectivity index (χ0n) is 13.0. The molecule has 2 N–H and O–H groups in total. The molecule has 3 amide bonds. The van der Waals surface area contributed by atoms with E-state index in [1.54, 1.807) is 6.92 Å². The lowest BCUT2D eigenvalue weighted by atomic mass is 10.1. The Morgan fingerprint density at radius 1 is 1.13 bits per heavy atom. The van der Waals surface area contributed by atoms with Crippen LogP contribution in [0.25, 0.3) is 0 Å². The van der Waals surface area contributed by atoms with Crippen LogP contribution in [0, 0.1) is 0 Å². The lowest BCUT2D eigenvalue weighted by molar-refractivity contribution is -0.150. The lowest BCUT2D eigenvalue weighted by Gasteiger charge is -2.08. The van der Waals surface area contributed by atoms with Crippen molar-refractivity contribution in [1.82, 2.24) is 10.6 Å². The van der Waals surface area contributed by atoms with Crippen molar-refractivity contribution in [2.75, 3.05) is 19.8 Å². The van der Waals surface area contributed by atoms with Crippen LogP contribution in [0.2, 0.25) is 0 Å². The zero-order chi connectivity index (χ0) is 16.7. The molecule has 1 aromatic rings. The Labute approximate surface area is 134 Å². The molecule has 0 bridgehead atoms. The number of esters is 1. The van der Waals surface area contributed by atoms with Gasteiger partial charge in [-0.3, -0.25) is 10.1 Å². The number of benzene rings is 1. The molecule has 0 atom stereocenters. The van der Waals surface area contributed by atoms with Gasteiger partial charge in [0.25, 0.3) is 5.91 Å². The van der Waals surface area contributed by atoms with Crippen LogP contribution in [0.1, 0.15) is 24.5 Å². The molecule has 0 aromatic heterocycles. The van der Waals surface area contributed by atoms with Crippen LogP contribution in [0.5, 0.6) is 5.75 Å². The number of carbonyl (C=O) groups is 3. The quantitative estimate of drug-likeness (QED) is 0.761. The highest BCUT2D eigenvalue weighted by Gasteiger charge is 2.13. The number of ether oxygens (including phenoxy) is 2. The van der Waals surface area contributed by atoms with Crippen LogP contribution in [-0.2, 0) is 27.2 Å². The molecule has 7 nitrogen and oxygen atoms in total. The van der Waals surface area contributed by atoms with Crippen molar-refractivity contribution in [2.45, 2.75) is 26.2 Å². The number of hydrogen-bond donors (Lipinski definition) is 2. The van der Waals surface area contributed by atoms with Gasteiger partial charge in [-0.25, -0.2) is 9.59 Å². The molecule has 124 valence electrons. The number of imide groups is 1. The van der Waals surface area contributed by atoms with E-state index in [0.29, 0.717) is 12.3 Å². The fourth-order valence-corrected chi connectivity index (χ4v) is 2.34. The van der Waals surface area contributed by atoms with Gasteiger partial charge in [0.15, 0.2) is 13.2 Å². The third-order valence-electron chi connectivity index (χ3n) is 3.38. The van der Waals surface area contributed by atoms with E-state index in [2.05, 4.69) is 5.32 Å². The Morgan fingerprint density at radius 2 is 1.91 bits per heavy atom. The lowest BCUT2D eigenvalue weighted by Crippen LogP contribution is -2.41. The monoisotopic (exact) mass is 320 g/mol. The molecule has 0 spiro atoms. The maximum atomic E-state index is 11.5. The molecule has 2 rings (SSSR count). The van der Waals surface area contributed by atoms with Gasteiger partial charge in [0.1, 0.15) is 5.75 Å². The molecule has 23 heavy (non-hydrogen) atoms. The van der Waals surface area contributed by atoms with E-state index in [1.165, 1.54) is 11.1 Å². The first kappa shape index (κ1) is 16.8. The Morgan fingerprint density at radius 3 is 2.70 bits per heavy atom. The van der Waals surface area contributed by atoms with Crippen molar-refractivity contribution >= 4 is 17.9 Å². The van der Waals surface area contributed by atoms with Crippen molar-refractivity contribution in [3.8, 4) is 5.75 Å². The summed E-state index contributed by atoms with van der Waals surface area (Å²) < 4.78 is 10.1. The van der Waals surface area contributed by atoms with Crippen molar-refractivity contribution in [3.63, 3.8) is 0 Å². The van der Waals surface area contributed by atoms with Gasteiger partial charge in [0.2, 0.25) is 0 Å². The second-order valence-corrected chi connectivity index (χ2v) is 5.14. The van der Waals surface area contributed by atoms with Crippen LogP contribution in [0.15, 0.2) is 18.2 Å². The highest BCUT2D eigenvalue weighted by Crippen LogP contribution is 2.25. The fraction of sp³-hybridized carbons (Fsp3) is 0.438. The molecule has 0 heterocycles. The average Bonchev–Trinajstić information content (AvgIpc) is 2.98. The number of amides is 3. The summed E-state index contributed by atoms with van der Waals surface area (Å²) in [5.41, 5.74) is 2.57. The highest BCUT2D eigenvalue weighted by atomic mass is 16.6. The molecule has 1 aliphatic rings. The summed E-state index contributed by atoms with van der Waals surface area (Å²) in [6.07, 6.45) is 3.25. The van der Waals surface area contributed by atoms with Gasteiger partial charge in [-0.1, -0.05) is 6.07 Å². The van der Waals surface area contributed by atoms with E-state index in [1.807, 2.05) is 23.5 Å². The standard InChI is InChI=1S/C16H20N2O5/c1-2-17-16(21)18-14(19)9-23-15(20)10-22-13-7-6-11-4-3-5-12(11)8-13/h6-8H,2-5,9-10H2,1H3,(H2,17,18,19,21). The van der Waals surface area contributed by atoms with Gasteiger partial charge in [0.05, 0.1) is 0 Å². The summed E-state index contributed by atoms with van der Waals surface area (Å²) in [6, 6.07) is 5.13. The second kappa shape index (κ2) is 8.17. The summed E-state index contributed by atoms with van der Waals surface area (Å²) in [5, 5.41) is 4.43. The first-order valence-corrected chi connectivity index (χ1v) is 7.56. The minimum absolute atomic E-state index is 0.285. The Hall–Kier alpha value is -2.57. The first-order chi connectivity index (χ1) is 11.1. The van der Waals surface area contributed by atoms with Gasteiger partial charge in [-0.2, -0.15) is 0 Å². The molecule has 1 aliphatic carbocycles. The summed E-state index contributed by atoms with van der Waals surface area (Å²) in [6.45, 7) is 1.31. The number of hydrogen-bond acceptors (Lipinski definition) is 5. The third kappa shape index (κ3) is 5.28. The molecule has 0 saturated heterocycles. The van der Waals surface area contributed by atoms with E-state index in [9.17, 15) is 14.4 Å². The van der Waals surface area contributed by atoms with E-state index in [0.717, 1.165) is 19.3 Å². The maximum absolute atomic E-state index is 11.5. The topological polar surface area (TPSA) is 93.7 Å². The van der Waals surface area contributed by atoms with Crippen LogP contribution in [0.3, 0.4) is 0 Å². The molecule has 7 heteroatoms. The van der Waals surface area contributed by atoms with Crippen molar-refractivity contribution in [2.24, 2.45) is 0 Å². The van der Waals surface area contributed by atoms with Crippen LogP contribution >= 0.6 is 0 Å². The van der Waals surface area contributed by atoms with Gasteiger partial charge in [-0.15, -0.1) is 0 Å². The summed E-state index contributed by atoms with van der Waals surface area (Å²) in [4.78, 5) is 34.0. The van der Waals surface area contributed by atoms with Crippen LogP contribution in [0.4, 0.5) is 4.79 Å². The number of aryl methyl sites for hydroxylation is 2. The summed E-state index contributed by atoms with van der Waals surface area (Å²) >= 11 is 0. The van der Waals surface area contributed by atoms with Gasteiger partial charge in [0, 0.05) is 6.54 Å². The largest absolute Gasteiger partial charge is 0.482 e. The predicted octanol–water partition coefficient (Wildman–Crippen LogP) is 0.943. The third-order valence-corrected chi connectivity index (χ3v) is 3.38. The number of rotatable bonds is 6. The SMILES string of the molecule is CCNC(=O)NC(=O)COC(=O)COc1ccc2c(c1)CCC2. The average molecular weight is 320 g/mol. The fourth-order valence-electron chi connectivity index (χ4n) is 2.34. The number of nitrogens with one attached hydrogen (secondary N) is 2. The normalized spacial score (nSPS) is 12.2. The van der Waals surface area contributed by atoms with E-state index >= 15 is 0 Å². The first-order valence-electron chi connectivity index (χ1n) is 7.56. The Balaban J connectivity index is 1.69. The highest BCUT2D eigenvalue weighted by molar-refractivity contribution is 5.95.